The molecule has 0 bridgehead atoms. The molecule has 0 aliphatic carbocycles. The Kier molecular flexibility index (Phi) is 3.80. The Hall–Kier alpha value is -1.06. The van der Waals surface area contributed by atoms with E-state index < -0.39 is 0 Å². The minimum atomic E-state index is 0.0786. The summed E-state index contributed by atoms with van der Waals surface area (Å²) in [6.07, 6.45) is 1.12. The first-order valence-electron chi connectivity index (χ1n) is 5.78. The monoisotopic (exact) mass is 219 g/mol. The minimum absolute atomic E-state index is 0.0786. The van der Waals surface area contributed by atoms with Gasteiger partial charge in [0, 0.05) is 5.56 Å². The number of rotatable bonds is 4. The summed E-state index contributed by atoms with van der Waals surface area (Å²) in [7, 11) is 0. The van der Waals surface area contributed by atoms with Crippen molar-refractivity contribution in [1.82, 2.24) is 4.90 Å². The normalized spacial score (nSPS) is 19.3. The molecule has 1 unspecified atom stereocenters. The first-order valence-corrected chi connectivity index (χ1v) is 5.78. The highest BCUT2D eigenvalue weighted by molar-refractivity contribution is 5.37. The van der Waals surface area contributed by atoms with Gasteiger partial charge in [0.25, 0.3) is 0 Å². The van der Waals surface area contributed by atoms with Gasteiger partial charge in [0.05, 0.1) is 6.04 Å². The lowest BCUT2D eigenvalue weighted by Crippen LogP contribution is -2.32. The first kappa shape index (κ1) is 11.4. The van der Waals surface area contributed by atoms with Gasteiger partial charge >= 0.3 is 0 Å². The van der Waals surface area contributed by atoms with Crippen LogP contribution in [0.5, 0.6) is 5.75 Å². The maximum atomic E-state index is 5.09. The van der Waals surface area contributed by atoms with Crippen LogP contribution < -0.4 is 4.89 Å². The fraction of sp³-hybridized carbons (Fsp3) is 0.462. The molecule has 0 saturated heterocycles. The van der Waals surface area contributed by atoms with E-state index in [1.807, 2.05) is 18.2 Å². The van der Waals surface area contributed by atoms with E-state index in [2.05, 4.69) is 31.4 Å². The van der Waals surface area contributed by atoms with Crippen LogP contribution in [0.25, 0.3) is 0 Å². The Morgan fingerprint density at radius 2 is 2.12 bits per heavy atom. The van der Waals surface area contributed by atoms with Gasteiger partial charge < -0.3 is 4.89 Å². The molecule has 3 nitrogen and oxygen atoms in total. The largest absolute Gasteiger partial charge is 0.336 e. The van der Waals surface area contributed by atoms with Crippen molar-refractivity contribution >= 4 is 0 Å². The molecule has 1 atom stereocenters. The van der Waals surface area contributed by atoms with Crippen LogP contribution in [-0.2, 0) is 4.89 Å². The van der Waals surface area contributed by atoms with Gasteiger partial charge in [0.2, 0.25) is 6.61 Å². The van der Waals surface area contributed by atoms with Gasteiger partial charge in [-0.3, -0.25) is 4.90 Å². The molecule has 1 aromatic carbocycles. The SMILES string of the molecule is CCCN(CC)C1[C]OOc2ccccc21. The maximum Gasteiger partial charge on any atom is 0.211 e. The fourth-order valence-corrected chi connectivity index (χ4v) is 1.99. The number of para-hydroxylation sites is 1. The molecule has 0 N–H and O–H groups in total. The summed E-state index contributed by atoms with van der Waals surface area (Å²) in [5.41, 5.74) is 1.13. The van der Waals surface area contributed by atoms with Crippen molar-refractivity contribution in [3.8, 4) is 5.75 Å². The molecule has 1 aliphatic heterocycles. The second kappa shape index (κ2) is 5.32. The molecular weight excluding hydrogens is 202 g/mol. The van der Waals surface area contributed by atoms with Crippen molar-refractivity contribution < 1.29 is 9.78 Å². The second-order valence-corrected chi connectivity index (χ2v) is 3.85. The van der Waals surface area contributed by atoms with Crippen LogP contribution in [0.2, 0.25) is 0 Å². The van der Waals surface area contributed by atoms with Crippen LogP contribution in [0.15, 0.2) is 24.3 Å². The molecule has 16 heavy (non-hydrogen) atoms. The molecule has 0 fully saturated rings. The lowest BCUT2D eigenvalue weighted by Gasteiger charge is -2.32. The fourth-order valence-electron chi connectivity index (χ4n) is 1.99. The summed E-state index contributed by atoms with van der Waals surface area (Å²) in [5.74, 6) is 0.792. The smallest absolute Gasteiger partial charge is 0.211 e. The molecule has 0 spiro atoms. The molecule has 0 saturated carbocycles. The van der Waals surface area contributed by atoms with Crippen molar-refractivity contribution in [2.45, 2.75) is 26.3 Å². The first-order chi connectivity index (χ1) is 7.86. The quantitative estimate of drug-likeness (QED) is 0.727. The zero-order valence-electron chi connectivity index (χ0n) is 9.77. The molecule has 3 heteroatoms. The summed E-state index contributed by atoms with van der Waals surface area (Å²) in [6.45, 7) is 9.25. The third-order valence-electron chi connectivity index (χ3n) is 2.79. The number of hydrogen-bond donors (Lipinski definition) is 0. The minimum Gasteiger partial charge on any atom is -0.336 e. The van der Waals surface area contributed by atoms with Crippen LogP contribution in [0.1, 0.15) is 31.9 Å². The molecular formula is C13H17NO2. The molecule has 86 valence electrons. The van der Waals surface area contributed by atoms with E-state index in [4.69, 9.17) is 9.78 Å². The molecule has 2 rings (SSSR count). The Balaban J connectivity index is 2.23. The molecule has 0 aromatic heterocycles. The standard InChI is InChI=1S/C13H17NO2/c1-3-9-14(4-2)12-10-15-16-13-8-6-5-7-11(12)13/h5-8,12H,3-4,9H2,1-2H3. The molecule has 0 amide bonds. The summed E-state index contributed by atoms with van der Waals surface area (Å²) in [6, 6.07) is 8.02. The van der Waals surface area contributed by atoms with Crippen molar-refractivity contribution in [3.63, 3.8) is 0 Å². The lowest BCUT2D eigenvalue weighted by molar-refractivity contribution is -0.197. The molecule has 1 aliphatic rings. The zero-order valence-corrected chi connectivity index (χ0v) is 9.77. The Morgan fingerprint density at radius 1 is 1.31 bits per heavy atom. The average Bonchev–Trinajstić information content (AvgIpc) is 2.35. The molecule has 1 aromatic rings. The van der Waals surface area contributed by atoms with E-state index in [1.165, 1.54) is 0 Å². The topological polar surface area (TPSA) is 21.7 Å². The van der Waals surface area contributed by atoms with Crippen LogP contribution in [0.3, 0.4) is 0 Å². The number of nitrogens with zero attached hydrogens (tertiary/aromatic N) is 1. The highest BCUT2D eigenvalue weighted by Crippen LogP contribution is 2.35. The number of fused-ring (bicyclic) bond motifs is 1. The number of benzene rings is 1. The van der Waals surface area contributed by atoms with Crippen LogP contribution in [0, 0.1) is 6.61 Å². The highest BCUT2D eigenvalue weighted by Gasteiger charge is 2.28. The summed E-state index contributed by atoms with van der Waals surface area (Å²) < 4.78 is 0. The molecule has 2 radical (unpaired) electrons. The maximum absolute atomic E-state index is 5.09. The van der Waals surface area contributed by atoms with E-state index in [-0.39, 0.29) is 6.04 Å². The third kappa shape index (κ3) is 2.20. The Labute approximate surface area is 96.9 Å². The predicted molar refractivity (Wildman–Crippen MR) is 61.7 cm³/mol. The number of likely N-dealkylation sites (N-methyl/N-ethyl adjacent to an activating group) is 1. The van der Waals surface area contributed by atoms with E-state index >= 15 is 0 Å². The van der Waals surface area contributed by atoms with Crippen LogP contribution in [0.4, 0.5) is 0 Å². The second-order valence-electron chi connectivity index (χ2n) is 3.85. The van der Waals surface area contributed by atoms with Crippen molar-refractivity contribution in [2.24, 2.45) is 0 Å². The Morgan fingerprint density at radius 3 is 2.88 bits per heavy atom. The van der Waals surface area contributed by atoms with Gasteiger partial charge in [-0.25, -0.2) is 0 Å². The van der Waals surface area contributed by atoms with Crippen molar-refractivity contribution in [2.75, 3.05) is 13.1 Å². The lowest BCUT2D eigenvalue weighted by atomic mass is 10.0. The van der Waals surface area contributed by atoms with Gasteiger partial charge in [-0.2, -0.15) is 4.89 Å². The van der Waals surface area contributed by atoms with Crippen LogP contribution in [-0.4, -0.2) is 18.0 Å². The van der Waals surface area contributed by atoms with Gasteiger partial charge in [0.1, 0.15) is 0 Å². The van der Waals surface area contributed by atoms with Gasteiger partial charge in [0.15, 0.2) is 5.75 Å². The van der Waals surface area contributed by atoms with Crippen molar-refractivity contribution in [1.29, 1.82) is 0 Å². The summed E-state index contributed by atoms with van der Waals surface area (Å²) in [4.78, 5) is 12.4. The van der Waals surface area contributed by atoms with Gasteiger partial charge in [-0.15, -0.1) is 0 Å². The van der Waals surface area contributed by atoms with Gasteiger partial charge in [-0.1, -0.05) is 32.0 Å². The van der Waals surface area contributed by atoms with Crippen molar-refractivity contribution in [3.05, 3.63) is 36.4 Å². The summed E-state index contributed by atoms with van der Waals surface area (Å²) in [5, 5.41) is 0. The third-order valence-corrected chi connectivity index (χ3v) is 2.79. The van der Waals surface area contributed by atoms with E-state index in [0.717, 1.165) is 30.8 Å². The average molecular weight is 219 g/mol. The number of hydrogen-bond acceptors (Lipinski definition) is 3. The van der Waals surface area contributed by atoms with Gasteiger partial charge in [-0.05, 0) is 25.6 Å². The van der Waals surface area contributed by atoms with E-state index in [9.17, 15) is 0 Å². The van der Waals surface area contributed by atoms with Crippen LogP contribution >= 0.6 is 0 Å². The summed E-state index contributed by atoms with van der Waals surface area (Å²) >= 11 is 0. The predicted octanol–water partition coefficient (Wildman–Crippen LogP) is 2.82. The highest BCUT2D eigenvalue weighted by atomic mass is 17.2. The van der Waals surface area contributed by atoms with E-state index in [0.29, 0.717) is 0 Å². The van der Waals surface area contributed by atoms with E-state index in [1.54, 1.807) is 0 Å². The zero-order chi connectivity index (χ0) is 11.4. The molecule has 1 heterocycles. The Bertz CT molecular complexity index is 340.